The maximum Gasteiger partial charge on any atom is 0.248 e. The molecule has 0 saturated heterocycles. The largest absolute Gasteiger partial charge is 0.499 e. The minimum absolute atomic E-state index is 0.0232. The summed E-state index contributed by atoms with van der Waals surface area (Å²) in [6, 6.07) is 10.0. The second-order valence-corrected chi connectivity index (χ2v) is 3.50. The van der Waals surface area contributed by atoms with Crippen molar-refractivity contribution in [2.45, 2.75) is 12.5 Å². The molecule has 1 aromatic carbocycles. The molecule has 1 aliphatic heterocycles. The molecule has 1 amide bonds. The number of nitrogens with one attached hydrogen (secondary N) is 1. The lowest BCUT2D eigenvalue weighted by atomic mass is 10.1. The third-order valence-corrected chi connectivity index (χ3v) is 2.45. The van der Waals surface area contributed by atoms with Gasteiger partial charge in [-0.05, 0) is 12.0 Å². The fourth-order valence-corrected chi connectivity index (χ4v) is 1.72. The van der Waals surface area contributed by atoms with Crippen molar-refractivity contribution in [2.24, 2.45) is 0 Å². The lowest BCUT2D eigenvalue weighted by Crippen LogP contribution is -2.30. The molecule has 15 heavy (non-hydrogen) atoms. The van der Waals surface area contributed by atoms with Gasteiger partial charge < -0.3 is 10.1 Å². The van der Waals surface area contributed by atoms with E-state index in [4.69, 9.17) is 4.74 Å². The number of hydrogen-bond acceptors (Lipinski definition) is 2. The number of methoxy groups -OCH3 is 1. The molecule has 3 nitrogen and oxygen atoms in total. The Morgan fingerprint density at radius 1 is 1.33 bits per heavy atom. The van der Waals surface area contributed by atoms with Crippen LogP contribution in [0, 0.1) is 0 Å². The first-order chi connectivity index (χ1) is 7.29. The average Bonchev–Trinajstić information content (AvgIpc) is 2.60. The molecule has 1 heterocycles. The molecule has 0 aromatic heterocycles. The van der Waals surface area contributed by atoms with Crippen molar-refractivity contribution in [3.8, 4) is 0 Å². The van der Waals surface area contributed by atoms with Gasteiger partial charge in [-0.3, -0.25) is 4.79 Å². The molecule has 3 heteroatoms. The molecule has 0 radical (unpaired) electrons. The molecule has 0 saturated carbocycles. The fourth-order valence-electron chi connectivity index (χ4n) is 1.72. The van der Waals surface area contributed by atoms with Crippen molar-refractivity contribution in [1.82, 2.24) is 5.32 Å². The predicted molar refractivity (Wildman–Crippen MR) is 57.2 cm³/mol. The lowest BCUT2D eigenvalue weighted by Gasteiger charge is -2.13. The van der Waals surface area contributed by atoms with Crippen LogP contribution >= 0.6 is 0 Å². The van der Waals surface area contributed by atoms with Gasteiger partial charge in [-0.15, -0.1) is 0 Å². The minimum atomic E-state index is -0.0761. The molecular formula is C12H13NO2. The monoisotopic (exact) mass is 203 g/mol. The van der Waals surface area contributed by atoms with Gasteiger partial charge in [-0.2, -0.15) is 0 Å². The second-order valence-electron chi connectivity index (χ2n) is 3.50. The number of benzene rings is 1. The van der Waals surface area contributed by atoms with Crippen LogP contribution in [0.25, 0.3) is 0 Å². The summed E-state index contributed by atoms with van der Waals surface area (Å²) in [5.41, 5.74) is 1.19. The van der Waals surface area contributed by atoms with E-state index in [1.54, 1.807) is 7.11 Å². The standard InChI is InChI=1S/C12H13NO2/c1-15-11-8-12(14)13-10(11)7-9-5-3-2-4-6-9/h2-6,8,10H,7H2,1H3,(H,13,14). The van der Waals surface area contributed by atoms with Gasteiger partial charge in [0.05, 0.1) is 13.2 Å². The van der Waals surface area contributed by atoms with Gasteiger partial charge in [-0.1, -0.05) is 30.3 Å². The van der Waals surface area contributed by atoms with Crippen molar-refractivity contribution in [3.05, 3.63) is 47.7 Å². The van der Waals surface area contributed by atoms with E-state index in [2.05, 4.69) is 5.32 Å². The maximum atomic E-state index is 11.1. The van der Waals surface area contributed by atoms with Crippen LogP contribution in [0.3, 0.4) is 0 Å². The van der Waals surface area contributed by atoms with Gasteiger partial charge in [-0.25, -0.2) is 0 Å². The van der Waals surface area contributed by atoms with Crippen LogP contribution in [0.5, 0.6) is 0 Å². The summed E-state index contributed by atoms with van der Waals surface area (Å²) in [7, 11) is 1.59. The van der Waals surface area contributed by atoms with Gasteiger partial charge in [0.25, 0.3) is 0 Å². The topological polar surface area (TPSA) is 38.3 Å². The lowest BCUT2D eigenvalue weighted by molar-refractivity contribution is -0.116. The zero-order valence-corrected chi connectivity index (χ0v) is 8.57. The third-order valence-electron chi connectivity index (χ3n) is 2.45. The van der Waals surface area contributed by atoms with Gasteiger partial charge in [0, 0.05) is 6.08 Å². The smallest absolute Gasteiger partial charge is 0.248 e. The number of carbonyl (C=O) groups excluding carboxylic acids is 1. The fraction of sp³-hybridized carbons (Fsp3) is 0.250. The van der Waals surface area contributed by atoms with Crippen molar-refractivity contribution >= 4 is 5.91 Å². The normalized spacial score (nSPS) is 19.7. The highest BCUT2D eigenvalue weighted by Gasteiger charge is 2.24. The summed E-state index contributed by atoms with van der Waals surface area (Å²) >= 11 is 0. The van der Waals surface area contributed by atoms with E-state index in [0.29, 0.717) is 5.76 Å². The number of hydrogen-bond donors (Lipinski definition) is 1. The van der Waals surface area contributed by atoms with E-state index in [1.807, 2.05) is 30.3 Å². The molecule has 1 unspecified atom stereocenters. The molecular weight excluding hydrogens is 190 g/mol. The Bertz CT molecular complexity index is 384. The Labute approximate surface area is 88.8 Å². The van der Waals surface area contributed by atoms with Crippen molar-refractivity contribution in [2.75, 3.05) is 7.11 Å². The zero-order valence-electron chi connectivity index (χ0n) is 8.57. The first-order valence-corrected chi connectivity index (χ1v) is 4.89. The molecule has 0 fully saturated rings. The predicted octanol–water partition coefficient (Wildman–Crippen LogP) is 1.26. The van der Waals surface area contributed by atoms with E-state index in [9.17, 15) is 4.79 Å². The Kier molecular flexibility index (Phi) is 2.72. The van der Waals surface area contributed by atoms with Gasteiger partial charge in [0.15, 0.2) is 0 Å². The van der Waals surface area contributed by atoms with Crippen LogP contribution < -0.4 is 5.32 Å². The molecule has 0 aliphatic carbocycles. The molecule has 1 atom stereocenters. The summed E-state index contributed by atoms with van der Waals surface area (Å²) in [5, 5.41) is 2.85. The van der Waals surface area contributed by atoms with Gasteiger partial charge in [0.2, 0.25) is 5.91 Å². The molecule has 1 aliphatic rings. The summed E-state index contributed by atoms with van der Waals surface area (Å²) in [4.78, 5) is 11.1. The van der Waals surface area contributed by atoms with E-state index < -0.39 is 0 Å². The Hall–Kier alpha value is -1.77. The van der Waals surface area contributed by atoms with E-state index in [-0.39, 0.29) is 11.9 Å². The van der Waals surface area contributed by atoms with Crippen molar-refractivity contribution < 1.29 is 9.53 Å². The van der Waals surface area contributed by atoms with Gasteiger partial charge >= 0.3 is 0 Å². The third kappa shape index (κ3) is 2.18. The molecule has 1 N–H and O–H groups in total. The molecule has 78 valence electrons. The van der Waals surface area contributed by atoms with Crippen LogP contribution in [0.15, 0.2) is 42.2 Å². The number of amides is 1. The summed E-state index contributed by atoms with van der Waals surface area (Å²) in [6.45, 7) is 0. The molecule has 0 spiro atoms. The molecule has 2 rings (SSSR count). The number of rotatable bonds is 3. The average molecular weight is 203 g/mol. The summed E-state index contributed by atoms with van der Waals surface area (Å²) in [5.74, 6) is 0.636. The van der Waals surface area contributed by atoms with Crippen LogP contribution in [0.1, 0.15) is 5.56 Å². The van der Waals surface area contributed by atoms with Crippen LogP contribution in [0.4, 0.5) is 0 Å². The van der Waals surface area contributed by atoms with E-state index in [0.717, 1.165) is 6.42 Å². The summed E-state index contributed by atoms with van der Waals surface area (Å²) < 4.78 is 5.14. The Morgan fingerprint density at radius 3 is 2.73 bits per heavy atom. The zero-order chi connectivity index (χ0) is 10.7. The summed E-state index contributed by atoms with van der Waals surface area (Å²) in [6.07, 6.45) is 2.28. The van der Waals surface area contributed by atoms with Crippen LogP contribution in [0.2, 0.25) is 0 Å². The second kappa shape index (κ2) is 4.17. The number of ether oxygens (including phenoxy) is 1. The first-order valence-electron chi connectivity index (χ1n) is 4.89. The maximum absolute atomic E-state index is 11.1. The minimum Gasteiger partial charge on any atom is -0.499 e. The molecule has 0 bridgehead atoms. The van der Waals surface area contributed by atoms with Gasteiger partial charge in [0.1, 0.15) is 5.76 Å². The van der Waals surface area contributed by atoms with E-state index >= 15 is 0 Å². The van der Waals surface area contributed by atoms with Crippen LogP contribution in [-0.4, -0.2) is 19.1 Å². The van der Waals surface area contributed by atoms with Crippen molar-refractivity contribution in [3.63, 3.8) is 0 Å². The van der Waals surface area contributed by atoms with Crippen LogP contribution in [-0.2, 0) is 16.0 Å². The highest BCUT2D eigenvalue weighted by atomic mass is 16.5. The highest BCUT2D eigenvalue weighted by Crippen LogP contribution is 2.15. The quantitative estimate of drug-likeness (QED) is 0.803. The van der Waals surface area contributed by atoms with E-state index in [1.165, 1.54) is 11.6 Å². The molecule has 1 aromatic rings. The Balaban J connectivity index is 2.08. The van der Waals surface area contributed by atoms with Crippen molar-refractivity contribution in [1.29, 1.82) is 0 Å². The highest BCUT2D eigenvalue weighted by molar-refractivity contribution is 5.91. The first kappa shape index (κ1) is 9.77. The number of carbonyl (C=O) groups is 1. The SMILES string of the molecule is COC1=CC(=O)NC1Cc1ccccc1. The Morgan fingerprint density at radius 2 is 2.07 bits per heavy atom.